The lowest BCUT2D eigenvalue weighted by molar-refractivity contribution is 0.576. The molecule has 1 aliphatic rings. The van der Waals surface area contributed by atoms with Gasteiger partial charge in [-0.15, -0.1) is 0 Å². The van der Waals surface area contributed by atoms with Crippen LogP contribution in [0.2, 0.25) is 0 Å². The van der Waals surface area contributed by atoms with Crippen LogP contribution in [0.25, 0.3) is 0 Å². The van der Waals surface area contributed by atoms with Gasteiger partial charge < -0.3 is 0 Å². The van der Waals surface area contributed by atoms with Crippen LogP contribution in [0.5, 0.6) is 0 Å². The smallest absolute Gasteiger partial charge is 0.141 e. The Morgan fingerprint density at radius 2 is 2.18 bits per heavy atom. The topological polar surface area (TPSA) is 50.9 Å². The molecule has 1 heterocycles. The molecule has 1 aromatic rings. The van der Waals surface area contributed by atoms with Gasteiger partial charge in [-0.3, -0.25) is 10.8 Å². The molecule has 1 aliphatic carbocycles. The van der Waals surface area contributed by atoms with Crippen LogP contribution in [0.15, 0.2) is 30.1 Å². The molecule has 0 aliphatic heterocycles. The monoisotopic (exact) mass is 235 g/mol. The first kappa shape index (κ1) is 12.2. The van der Waals surface area contributed by atoms with Gasteiger partial charge in [0.2, 0.25) is 0 Å². The number of hydrogen-bond donors (Lipinski definition) is 2. The van der Waals surface area contributed by atoms with Crippen molar-refractivity contribution in [1.82, 2.24) is 10.4 Å². The largest absolute Gasteiger partial charge is 0.271 e. The maximum absolute atomic E-state index is 13.2. The van der Waals surface area contributed by atoms with Crippen LogP contribution in [-0.4, -0.2) is 4.98 Å². The number of rotatable bonds is 3. The van der Waals surface area contributed by atoms with Crippen molar-refractivity contribution in [1.29, 1.82) is 0 Å². The van der Waals surface area contributed by atoms with Crippen molar-refractivity contribution in [3.8, 4) is 0 Å². The van der Waals surface area contributed by atoms with Gasteiger partial charge in [-0.2, -0.15) is 0 Å². The van der Waals surface area contributed by atoms with Crippen LogP contribution in [0.1, 0.15) is 43.7 Å². The molecule has 0 radical (unpaired) electrons. The van der Waals surface area contributed by atoms with Gasteiger partial charge in [-0.1, -0.05) is 18.1 Å². The molecule has 0 amide bonds. The van der Waals surface area contributed by atoms with Crippen LogP contribution in [0, 0.1) is 5.82 Å². The fourth-order valence-electron chi connectivity index (χ4n) is 2.31. The number of halogens is 1. The lowest BCUT2D eigenvalue weighted by Crippen LogP contribution is -2.29. The molecule has 2 rings (SSSR count). The molecule has 17 heavy (non-hydrogen) atoms. The molecule has 0 saturated carbocycles. The predicted octanol–water partition coefficient (Wildman–Crippen LogP) is 2.62. The molecule has 3 N–H and O–H groups in total. The molecule has 1 aromatic heterocycles. The maximum Gasteiger partial charge on any atom is 0.141 e. The van der Waals surface area contributed by atoms with Gasteiger partial charge in [-0.25, -0.2) is 9.82 Å². The third-order valence-electron chi connectivity index (χ3n) is 3.17. The summed E-state index contributed by atoms with van der Waals surface area (Å²) in [6.07, 6.45) is 10.8. The zero-order valence-electron chi connectivity index (χ0n) is 9.82. The van der Waals surface area contributed by atoms with Crippen LogP contribution >= 0.6 is 0 Å². The quantitative estimate of drug-likeness (QED) is 0.481. The fraction of sp³-hybridized carbons (Fsp3) is 0.462. The van der Waals surface area contributed by atoms with Gasteiger partial charge in [-0.05, 0) is 37.3 Å². The molecule has 3 nitrogen and oxygen atoms in total. The van der Waals surface area contributed by atoms with E-state index in [-0.39, 0.29) is 11.9 Å². The molecule has 0 saturated heterocycles. The second-order valence-corrected chi connectivity index (χ2v) is 4.41. The van der Waals surface area contributed by atoms with Gasteiger partial charge in [0.25, 0.3) is 0 Å². The van der Waals surface area contributed by atoms with E-state index >= 15 is 0 Å². The van der Waals surface area contributed by atoms with Crippen molar-refractivity contribution < 1.29 is 4.39 Å². The standard InChI is InChI=1S/C13H18FN3/c14-12-7-11(8-16-9-12)13(17-15)10-5-3-1-2-4-6-10/h5,7-9,13,17H,1-4,6,15H2. The van der Waals surface area contributed by atoms with E-state index in [4.69, 9.17) is 5.84 Å². The van der Waals surface area contributed by atoms with E-state index in [0.29, 0.717) is 0 Å². The summed E-state index contributed by atoms with van der Waals surface area (Å²) in [4.78, 5) is 3.87. The Balaban J connectivity index is 2.23. The Morgan fingerprint density at radius 3 is 2.94 bits per heavy atom. The van der Waals surface area contributed by atoms with Gasteiger partial charge >= 0.3 is 0 Å². The Bertz CT molecular complexity index is 403. The highest BCUT2D eigenvalue weighted by Crippen LogP contribution is 2.28. The van der Waals surface area contributed by atoms with Gasteiger partial charge in [0.05, 0.1) is 12.2 Å². The minimum Gasteiger partial charge on any atom is -0.271 e. The molecule has 1 unspecified atom stereocenters. The fourth-order valence-corrected chi connectivity index (χ4v) is 2.31. The van der Waals surface area contributed by atoms with Gasteiger partial charge in [0.1, 0.15) is 5.82 Å². The molecule has 1 atom stereocenters. The molecule has 0 aromatic carbocycles. The first-order valence-corrected chi connectivity index (χ1v) is 6.07. The highest BCUT2D eigenvalue weighted by atomic mass is 19.1. The van der Waals surface area contributed by atoms with Crippen molar-refractivity contribution in [3.63, 3.8) is 0 Å². The lowest BCUT2D eigenvalue weighted by Gasteiger charge is -2.19. The van der Waals surface area contributed by atoms with Crippen LogP contribution in [-0.2, 0) is 0 Å². The van der Waals surface area contributed by atoms with E-state index in [1.54, 1.807) is 6.20 Å². The van der Waals surface area contributed by atoms with Crippen LogP contribution < -0.4 is 11.3 Å². The van der Waals surface area contributed by atoms with Crippen molar-refractivity contribution in [2.24, 2.45) is 5.84 Å². The van der Waals surface area contributed by atoms with E-state index in [2.05, 4.69) is 16.5 Å². The second-order valence-electron chi connectivity index (χ2n) is 4.41. The highest BCUT2D eigenvalue weighted by molar-refractivity contribution is 5.26. The normalized spacial score (nSPS) is 18.4. The number of hydrogen-bond acceptors (Lipinski definition) is 3. The number of nitrogens with two attached hydrogens (primary N) is 1. The molecule has 0 bridgehead atoms. The molecule has 92 valence electrons. The Labute approximate surface area is 101 Å². The van der Waals surface area contributed by atoms with Crippen LogP contribution in [0.3, 0.4) is 0 Å². The van der Waals surface area contributed by atoms with Crippen molar-refractivity contribution in [3.05, 3.63) is 41.5 Å². The lowest BCUT2D eigenvalue weighted by atomic mass is 9.97. The molecular weight excluding hydrogens is 217 g/mol. The van der Waals surface area contributed by atoms with Gasteiger partial charge in [0, 0.05) is 6.20 Å². The zero-order valence-corrected chi connectivity index (χ0v) is 9.82. The summed E-state index contributed by atoms with van der Waals surface area (Å²) in [5.41, 5.74) is 4.81. The van der Waals surface area contributed by atoms with E-state index in [9.17, 15) is 4.39 Å². The molecule has 4 heteroatoms. The average molecular weight is 235 g/mol. The minimum atomic E-state index is -0.322. The first-order valence-electron chi connectivity index (χ1n) is 6.07. The summed E-state index contributed by atoms with van der Waals surface area (Å²) in [6.45, 7) is 0. The number of allylic oxidation sites excluding steroid dienone is 1. The Hall–Kier alpha value is -1.26. The Morgan fingerprint density at radius 1 is 1.29 bits per heavy atom. The zero-order chi connectivity index (χ0) is 12.1. The molecular formula is C13H18FN3. The van der Waals surface area contributed by atoms with Crippen LogP contribution in [0.4, 0.5) is 4.39 Å². The van der Waals surface area contributed by atoms with E-state index < -0.39 is 0 Å². The average Bonchev–Trinajstić information content (AvgIpc) is 2.59. The number of pyridine rings is 1. The Kier molecular flexibility index (Phi) is 4.23. The highest BCUT2D eigenvalue weighted by Gasteiger charge is 2.17. The number of aromatic nitrogens is 1. The molecule has 0 spiro atoms. The maximum atomic E-state index is 13.2. The summed E-state index contributed by atoms with van der Waals surface area (Å²) >= 11 is 0. The summed E-state index contributed by atoms with van der Waals surface area (Å²) in [5, 5.41) is 0. The first-order chi connectivity index (χ1) is 8.31. The number of nitrogens with one attached hydrogen (secondary N) is 1. The van der Waals surface area contributed by atoms with Crippen molar-refractivity contribution >= 4 is 0 Å². The van der Waals surface area contributed by atoms with E-state index in [0.717, 1.165) is 18.4 Å². The van der Waals surface area contributed by atoms with E-state index in [1.165, 1.54) is 37.1 Å². The SMILES string of the molecule is NNC(C1=CCCCCC1)c1cncc(F)c1. The van der Waals surface area contributed by atoms with E-state index in [1.807, 2.05) is 0 Å². The molecule has 0 fully saturated rings. The summed E-state index contributed by atoms with van der Waals surface area (Å²) in [6, 6.07) is 1.37. The summed E-state index contributed by atoms with van der Waals surface area (Å²) in [7, 11) is 0. The van der Waals surface area contributed by atoms with Crippen molar-refractivity contribution in [2.45, 2.75) is 38.1 Å². The summed E-state index contributed by atoms with van der Waals surface area (Å²) in [5.74, 6) is 5.27. The third kappa shape index (κ3) is 3.11. The number of nitrogens with zero attached hydrogens (tertiary/aromatic N) is 1. The minimum absolute atomic E-state index is 0.115. The second kappa shape index (κ2) is 5.89. The number of hydrazine groups is 1. The van der Waals surface area contributed by atoms with Crippen molar-refractivity contribution in [2.75, 3.05) is 0 Å². The third-order valence-corrected chi connectivity index (χ3v) is 3.17. The summed E-state index contributed by atoms with van der Waals surface area (Å²) < 4.78 is 13.2. The van der Waals surface area contributed by atoms with Gasteiger partial charge in [0.15, 0.2) is 0 Å². The predicted molar refractivity (Wildman–Crippen MR) is 65.4 cm³/mol.